The van der Waals surface area contributed by atoms with Gasteiger partial charge in [-0.1, -0.05) is 19.8 Å². The smallest absolute Gasteiger partial charge is 0.155 e. The summed E-state index contributed by atoms with van der Waals surface area (Å²) < 4.78 is 23.8. The zero-order chi connectivity index (χ0) is 13.9. The Kier molecular flexibility index (Phi) is 5.24. The van der Waals surface area contributed by atoms with Gasteiger partial charge in [0.2, 0.25) is 0 Å². The van der Waals surface area contributed by atoms with Gasteiger partial charge >= 0.3 is 0 Å². The molecule has 0 unspecified atom stereocenters. The molecule has 1 N–H and O–H groups in total. The largest absolute Gasteiger partial charge is 0.316 e. The first-order chi connectivity index (χ1) is 8.22. The first-order valence-corrected chi connectivity index (χ1v) is 8.81. The minimum atomic E-state index is -2.98. The third-order valence-electron chi connectivity index (χ3n) is 4.25. The van der Waals surface area contributed by atoms with Crippen molar-refractivity contribution in [3.8, 4) is 0 Å². The molecule has 0 atom stereocenters. The second kappa shape index (κ2) is 5.91. The Labute approximate surface area is 113 Å². The van der Waals surface area contributed by atoms with E-state index < -0.39 is 14.6 Å². The van der Waals surface area contributed by atoms with Crippen LogP contribution < -0.4 is 5.32 Å². The van der Waals surface area contributed by atoms with Crippen molar-refractivity contribution in [3.05, 3.63) is 0 Å². The van der Waals surface area contributed by atoms with Gasteiger partial charge in [-0.15, -0.1) is 0 Å². The highest BCUT2D eigenvalue weighted by Gasteiger charge is 2.37. The van der Waals surface area contributed by atoms with Crippen LogP contribution in [-0.2, 0) is 9.84 Å². The molecule has 0 aromatic heterocycles. The lowest BCUT2D eigenvalue weighted by Crippen LogP contribution is -2.37. The van der Waals surface area contributed by atoms with Gasteiger partial charge in [-0.05, 0) is 52.0 Å². The number of rotatable bonds is 6. The minimum Gasteiger partial charge on any atom is -0.316 e. The Morgan fingerprint density at radius 3 is 2.17 bits per heavy atom. The Morgan fingerprint density at radius 1 is 1.17 bits per heavy atom. The normalized spacial score (nSPS) is 20.2. The zero-order valence-corrected chi connectivity index (χ0v) is 13.2. The molecule has 1 rings (SSSR count). The predicted molar refractivity (Wildman–Crippen MR) is 77.6 cm³/mol. The first kappa shape index (κ1) is 16.0. The molecule has 0 radical (unpaired) electrons. The van der Waals surface area contributed by atoms with Gasteiger partial charge in [0.1, 0.15) is 0 Å². The van der Waals surface area contributed by atoms with Crippen LogP contribution in [-0.4, -0.2) is 32.0 Å². The van der Waals surface area contributed by atoms with Crippen molar-refractivity contribution < 1.29 is 8.42 Å². The highest BCUT2D eigenvalue weighted by atomic mass is 32.2. The monoisotopic (exact) mass is 275 g/mol. The SMILES string of the molecule is CCNCC1(CCS(=O)(=O)C(C)(C)C)CCCC1. The van der Waals surface area contributed by atoms with E-state index in [2.05, 4.69) is 12.2 Å². The van der Waals surface area contributed by atoms with Crippen molar-refractivity contribution in [2.45, 2.75) is 64.5 Å². The van der Waals surface area contributed by atoms with Crippen LogP contribution in [0.5, 0.6) is 0 Å². The van der Waals surface area contributed by atoms with Gasteiger partial charge in [0.25, 0.3) is 0 Å². The number of hydrogen-bond acceptors (Lipinski definition) is 3. The lowest BCUT2D eigenvalue weighted by Gasteiger charge is -2.30. The Hall–Kier alpha value is -0.0900. The van der Waals surface area contributed by atoms with Gasteiger partial charge in [-0.3, -0.25) is 0 Å². The molecule has 0 saturated heterocycles. The van der Waals surface area contributed by atoms with Crippen LogP contribution in [0.25, 0.3) is 0 Å². The highest BCUT2D eigenvalue weighted by molar-refractivity contribution is 7.92. The summed E-state index contributed by atoms with van der Waals surface area (Å²) in [7, 11) is -2.98. The maximum absolute atomic E-state index is 12.2. The second-order valence-corrected chi connectivity index (χ2v) is 9.53. The van der Waals surface area contributed by atoms with Gasteiger partial charge < -0.3 is 5.32 Å². The average Bonchev–Trinajstić information content (AvgIpc) is 2.72. The predicted octanol–water partition coefficient (Wildman–Crippen LogP) is 2.76. The average molecular weight is 275 g/mol. The van der Waals surface area contributed by atoms with E-state index in [1.807, 2.05) is 0 Å². The number of sulfone groups is 1. The molecular weight excluding hydrogens is 246 g/mol. The van der Waals surface area contributed by atoms with Crippen molar-refractivity contribution in [1.29, 1.82) is 0 Å². The molecular formula is C14H29NO2S. The Bertz CT molecular complexity index is 348. The van der Waals surface area contributed by atoms with Crippen LogP contribution in [0.4, 0.5) is 0 Å². The van der Waals surface area contributed by atoms with E-state index in [9.17, 15) is 8.42 Å². The maximum Gasteiger partial charge on any atom is 0.155 e. The number of nitrogens with one attached hydrogen (secondary N) is 1. The topological polar surface area (TPSA) is 46.2 Å². The van der Waals surface area contributed by atoms with Crippen LogP contribution in [0.15, 0.2) is 0 Å². The molecule has 4 heteroatoms. The van der Waals surface area contributed by atoms with E-state index in [-0.39, 0.29) is 5.41 Å². The Morgan fingerprint density at radius 2 is 1.72 bits per heavy atom. The lowest BCUT2D eigenvalue weighted by atomic mass is 9.83. The molecule has 0 aromatic rings. The molecule has 1 fully saturated rings. The summed E-state index contributed by atoms with van der Waals surface area (Å²) in [5.41, 5.74) is 0.230. The summed E-state index contributed by atoms with van der Waals surface area (Å²) in [5, 5.41) is 3.41. The summed E-state index contributed by atoms with van der Waals surface area (Å²) in [6.45, 7) is 9.45. The van der Waals surface area contributed by atoms with Crippen LogP contribution >= 0.6 is 0 Å². The fraction of sp³-hybridized carbons (Fsp3) is 1.00. The van der Waals surface area contributed by atoms with Crippen molar-refractivity contribution in [3.63, 3.8) is 0 Å². The van der Waals surface area contributed by atoms with Gasteiger partial charge in [0, 0.05) is 6.54 Å². The van der Waals surface area contributed by atoms with Gasteiger partial charge in [0.15, 0.2) is 9.84 Å². The van der Waals surface area contributed by atoms with Gasteiger partial charge in [0.05, 0.1) is 10.5 Å². The summed E-state index contributed by atoms with van der Waals surface area (Å²) in [6.07, 6.45) is 5.68. The molecule has 0 amide bonds. The quantitative estimate of drug-likeness (QED) is 0.811. The standard InChI is InChI=1S/C14H29NO2S/c1-5-15-12-14(8-6-7-9-14)10-11-18(16,17)13(2,3)4/h15H,5-12H2,1-4H3. The molecule has 108 valence electrons. The summed E-state index contributed by atoms with van der Waals surface area (Å²) in [5.74, 6) is 0.335. The molecule has 0 aromatic carbocycles. The number of hydrogen-bond donors (Lipinski definition) is 1. The molecule has 0 spiro atoms. The van der Waals surface area contributed by atoms with E-state index in [1.54, 1.807) is 20.8 Å². The third kappa shape index (κ3) is 3.95. The second-order valence-electron chi connectivity index (χ2n) is 6.67. The molecule has 1 aliphatic carbocycles. The van der Waals surface area contributed by atoms with Gasteiger partial charge in [-0.2, -0.15) is 0 Å². The molecule has 1 saturated carbocycles. The van der Waals surface area contributed by atoms with Crippen molar-refractivity contribution in [1.82, 2.24) is 5.32 Å². The van der Waals surface area contributed by atoms with Gasteiger partial charge in [-0.25, -0.2) is 8.42 Å². The van der Waals surface area contributed by atoms with E-state index >= 15 is 0 Å². The minimum absolute atomic E-state index is 0.230. The molecule has 3 nitrogen and oxygen atoms in total. The lowest BCUT2D eigenvalue weighted by molar-refractivity contribution is 0.271. The van der Waals surface area contributed by atoms with Crippen LogP contribution in [0.3, 0.4) is 0 Å². The van der Waals surface area contributed by atoms with Crippen LogP contribution in [0, 0.1) is 5.41 Å². The van der Waals surface area contributed by atoms with Crippen LogP contribution in [0.2, 0.25) is 0 Å². The molecule has 18 heavy (non-hydrogen) atoms. The van der Waals surface area contributed by atoms with E-state index in [1.165, 1.54) is 25.7 Å². The zero-order valence-electron chi connectivity index (χ0n) is 12.4. The highest BCUT2D eigenvalue weighted by Crippen LogP contribution is 2.41. The van der Waals surface area contributed by atoms with Crippen molar-refractivity contribution >= 4 is 9.84 Å². The third-order valence-corrected chi connectivity index (χ3v) is 6.86. The van der Waals surface area contributed by atoms with Crippen molar-refractivity contribution in [2.75, 3.05) is 18.8 Å². The van der Waals surface area contributed by atoms with Crippen molar-refractivity contribution in [2.24, 2.45) is 5.41 Å². The Balaban J connectivity index is 2.64. The fourth-order valence-corrected chi connectivity index (χ4v) is 4.00. The summed E-state index contributed by atoms with van der Waals surface area (Å²) in [4.78, 5) is 0. The van der Waals surface area contributed by atoms with E-state index in [0.717, 1.165) is 19.5 Å². The van der Waals surface area contributed by atoms with E-state index in [4.69, 9.17) is 0 Å². The molecule has 0 heterocycles. The van der Waals surface area contributed by atoms with Crippen LogP contribution in [0.1, 0.15) is 59.8 Å². The molecule has 0 aliphatic heterocycles. The summed E-state index contributed by atoms with van der Waals surface area (Å²) in [6, 6.07) is 0. The first-order valence-electron chi connectivity index (χ1n) is 7.15. The molecule has 1 aliphatic rings. The summed E-state index contributed by atoms with van der Waals surface area (Å²) >= 11 is 0. The maximum atomic E-state index is 12.2. The van der Waals surface area contributed by atoms with E-state index in [0.29, 0.717) is 5.75 Å². The molecule has 0 bridgehead atoms. The fourth-order valence-electron chi connectivity index (χ4n) is 2.69.